The van der Waals surface area contributed by atoms with Gasteiger partial charge in [-0.25, -0.2) is 4.98 Å². The van der Waals surface area contributed by atoms with Crippen LogP contribution in [0, 0.1) is 0 Å². The van der Waals surface area contributed by atoms with Crippen LogP contribution in [-0.4, -0.2) is 41.6 Å². The van der Waals surface area contributed by atoms with Crippen LogP contribution in [-0.2, 0) is 4.79 Å². The van der Waals surface area contributed by atoms with Crippen LogP contribution in [0.3, 0.4) is 0 Å². The number of nitrogen functional groups attached to an aromatic ring is 1. The second-order valence-corrected chi connectivity index (χ2v) is 4.81. The Morgan fingerprint density at radius 1 is 1.50 bits per heavy atom. The molecule has 110 valence electrons. The van der Waals surface area contributed by atoms with E-state index in [1.54, 1.807) is 6.92 Å². The molecular formula is C13H21N5O2. The van der Waals surface area contributed by atoms with E-state index in [4.69, 9.17) is 10.5 Å². The van der Waals surface area contributed by atoms with E-state index >= 15 is 0 Å². The molecule has 0 aliphatic carbocycles. The first-order valence-corrected chi connectivity index (χ1v) is 6.87. The number of anilines is 2. The number of piperidine rings is 1. The minimum absolute atomic E-state index is 0.0173. The van der Waals surface area contributed by atoms with E-state index in [1.807, 2.05) is 6.92 Å². The Morgan fingerprint density at radius 3 is 2.80 bits per heavy atom. The van der Waals surface area contributed by atoms with E-state index in [0.29, 0.717) is 24.0 Å². The summed E-state index contributed by atoms with van der Waals surface area (Å²) in [5.74, 6) is 1.16. The van der Waals surface area contributed by atoms with Gasteiger partial charge in [0.2, 0.25) is 11.8 Å². The van der Waals surface area contributed by atoms with Crippen LogP contribution in [0.15, 0.2) is 6.33 Å². The van der Waals surface area contributed by atoms with Crippen LogP contribution in [0.25, 0.3) is 0 Å². The van der Waals surface area contributed by atoms with Gasteiger partial charge in [0.05, 0.1) is 6.61 Å². The highest BCUT2D eigenvalue weighted by molar-refractivity contribution is 5.73. The Bertz CT molecular complexity index is 472. The summed E-state index contributed by atoms with van der Waals surface area (Å²) < 4.78 is 5.38. The Balaban J connectivity index is 2.03. The van der Waals surface area contributed by atoms with Crippen molar-refractivity contribution in [1.29, 1.82) is 0 Å². The molecule has 0 bridgehead atoms. The smallest absolute Gasteiger partial charge is 0.242 e. The van der Waals surface area contributed by atoms with Gasteiger partial charge >= 0.3 is 0 Å². The normalized spacial score (nSPS) is 16.0. The van der Waals surface area contributed by atoms with E-state index in [0.717, 1.165) is 25.9 Å². The van der Waals surface area contributed by atoms with Crippen molar-refractivity contribution in [3.63, 3.8) is 0 Å². The Labute approximate surface area is 118 Å². The highest BCUT2D eigenvalue weighted by Crippen LogP contribution is 2.29. The summed E-state index contributed by atoms with van der Waals surface area (Å²) in [6.07, 6.45) is 3.23. The van der Waals surface area contributed by atoms with Crippen LogP contribution in [0.2, 0.25) is 0 Å². The van der Waals surface area contributed by atoms with Crippen LogP contribution < -0.4 is 20.7 Å². The highest BCUT2D eigenvalue weighted by atomic mass is 16.5. The first-order valence-electron chi connectivity index (χ1n) is 6.87. The lowest BCUT2D eigenvalue weighted by Crippen LogP contribution is -2.44. The van der Waals surface area contributed by atoms with Gasteiger partial charge in [-0.15, -0.1) is 0 Å². The SMILES string of the molecule is CCOc1ncnc(N2CCC(NC(C)=O)CC2)c1N. The summed E-state index contributed by atoms with van der Waals surface area (Å²) in [6, 6.07) is 0.234. The number of nitrogens with zero attached hydrogens (tertiary/aromatic N) is 3. The molecule has 0 saturated carbocycles. The van der Waals surface area contributed by atoms with E-state index < -0.39 is 0 Å². The van der Waals surface area contributed by atoms with Crippen molar-refractivity contribution in [1.82, 2.24) is 15.3 Å². The summed E-state index contributed by atoms with van der Waals surface area (Å²) in [7, 11) is 0. The number of nitrogens with two attached hydrogens (primary N) is 1. The Hall–Kier alpha value is -2.05. The maximum absolute atomic E-state index is 11.1. The Kier molecular flexibility index (Phi) is 4.60. The number of hydrogen-bond donors (Lipinski definition) is 2. The highest BCUT2D eigenvalue weighted by Gasteiger charge is 2.23. The van der Waals surface area contributed by atoms with Gasteiger partial charge in [-0.05, 0) is 19.8 Å². The maximum atomic E-state index is 11.1. The van der Waals surface area contributed by atoms with Gasteiger partial charge in [-0.1, -0.05) is 0 Å². The lowest BCUT2D eigenvalue weighted by molar-refractivity contribution is -0.119. The molecule has 7 heteroatoms. The summed E-state index contributed by atoms with van der Waals surface area (Å²) in [4.78, 5) is 21.5. The van der Waals surface area contributed by atoms with Gasteiger partial charge in [-0.2, -0.15) is 4.98 Å². The predicted molar refractivity (Wildman–Crippen MR) is 76.7 cm³/mol. The average Bonchev–Trinajstić information content (AvgIpc) is 2.42. The largest absolute Gasteiger partial charge is 0.476 e. The van der Waals surface area contributed by atoms with Crippen LogP contribution in [0.1, 0.15) is 26.7 Å². The standard InChI is InChI=1S/C13H21N5O2/c1-3-20-13-11(14)12(15-8-16-13)18-6-4-10(5-7-18)17-9(2)19/h8,10H,3-7,14H2,1-2H3,(H,17,19). The lowest BCUT2D eigenvalue weighted by Gasteiger charge is -2.33. The molecule has 0 aromatic carbocycles. The van der Waals surface area contributed by atoms with Gasteiger partial charge < -0.3 is 20.7 Å². The van der Waals surface area contributed by atoms with Gasteiger partial charge in [0.1, 0.15) is 12.0 Å². The van der Waals surface area contributed by atoms with Crippen LogP contribution in [0.5, 0.6) is 5.88 Å². The first-order chi connectivity index (χ1) is 9.61. The number of nitrogens with one attached hydrogen (secondary N) is 1. The van der Waals surface area contributed by atoms with Crippen molar-refractivity contribution >= 4 is 17.4 Å². The van der Waals surface area contributed by atoms with Crippen molar-refractivity contribution in [2.75, 3.05) is 30.3 Å². The monoisotopic (exact) mass is 279 g/mol. The molecule has 1 saturated heterocycles. The first kappa shape index (κ1) is 14.4. The number of hydrogen-bond acceptors (Lipinski definition) is 6. The second kappa shape index (κ2) is 6.40. The molecule has 1 aliphatic rings. The molecular weight excluding hydrogens is 258 g/mol. The summed E-state index contributed by atoms with van der Waals surface area (Å²) in [5, 5.41) is 2.95. The molecule has 2 rings (SSSR count). The van der Waals surface area contributed by atoms with Crippen LogP contribution in [0.4, 0.5) is 11.5 Å². The molecule has 0 unspecified atom stereocenters. The van der Waals surface area contributed by atoms with E-state index in [-0.39, 0.29) is 11.9 Å². The van der Waals surface area contributed by atoms with Crippen molar-refractivity contribution < 1.29 is 9.53 Å². The fraction of sp³-hybridized carbons (Fsp3) is 0.615. The molecule has 0 spiro atoms. The molecule has 20 heavy (non-hydrogen) atoms. The third-order valence-corrected chi connectivity index (χ3v) is 3.31. The summed E-state index contributed by atoms with van der Waals surface area (Å²) in [6.45, 7) is 5.56. The van der Waals surface area contributed by atoms with Gasteiger partial charge in [0, 0.05) is 26.1 Å². The zero-order valence-corrected chi connectivity index (χ0v) is 11.9. The van der Waals surface area contributed by atoms with E-state index in [9.17, 15) is 4.79 Å². The molecule has 1 aromatic heterocycles. The van der Waals surface area contributed by atoms with Crippen molar-refractivity contribution in [3.05, 3.63) is 6.33 Å². The van der Waals surface area contributed by atoms with Crippen molar-refractivity contribution in [3.8, 4) is 5.88 Å². The minimum Gasteiger partial charge on any atom is -0.476 e. The summed E-state index contributed by atoms with van der Waals surface area (Å²) >= 11 is 0. The zero-order chi connectivity index (χ0) is 14.5. The molecule has 1 amide bonds. The van der Waals surface area contributed by atoms with Crippen molar-refractivity contribution in [2.45, 2.75) is 32.7 Å². The zero-order valence-electron chi connectivity index (χ0n) is 11.9. The van der Waals surface area contributed by atoms with E-state index in [1.165, 1.54) is 6.33 Å². The molecule has 1 aliphatic heterocycles. The Morgan fingerprint density at radius 2 is 2.20 bits per heavy atom. The number of amides is 1. The fourth-order valence-electron chi connectivity index (χ4n) is 2.40. The fourth-order valence-corrected chi connectivity index (χ4v) is 2.40. The third-order valence-electron chi connectivity index (χ3n) is 3.31. The number of carbonyl (C=O) groups is 1. The summed E-state index contributed by atoms with van der Waals surface area (Å²) in [5.41, 5.74) is 6.53. The number of aromatic nitrogens is 2. The molecule has 1 aromatic rings. The van der Waals surface area contributed by atoms with Gasteiger partial charge in [0.25, 0.3) is 0 Å². The van der Waals surface area contributed by atoms with Crippen molar-refractivity contribution in [2.24, 2.45) is 0 Å². The third kappa shape index (κ3) is 3.28. The lowest BCUT2D eigenvalue weighted by atomic mass is 10.0. The predicted octanol–water partition coefficient (Wildman–Crippen LogP) is 0.562. The number of carbonyl (C=O) groups excluding carboxylic acids is 1. The van der Waals surface area contributed by atoms with E-state index in [2.05, 4.69) is 20.2 Å². The molecule has 0 radical (unpaired) electrons. The maximum Gasteiger partial charge on any atom is 0.242 e. The molecule has 7 nitrogen and oxygen atoms in total. The topological polar surface area (TPSA) is 93.4 Å². The van der Waals surface area contributed by atoms with Crippen LogP contribution >= 0.6 is 0 Å². The second-order valence-electron chi connectivity index (χ2n) is 4.81. The molecule has 3 N–H and O–H groups in total. The quantitative estimate of drug-likeness (QED) is 0.836. The number of rotatable bonds is 4. The molecule has 0 atom stereocenters. The van der Waals surface area contributed by atoms with Gasteiger partial charge in [-0.3, -0.25) is 4.79 Å². The number of ether oxygens (including phenoxy) is 1. The molecule has 1 fully saturated rings. The minimum atomic E-state index is 0.0173. The van der Waals surface area contributed by atoms with Gasteiger partial charge in [0.15, 0.2) is 5.82 Å². The average molecular weight is 279 g/mol. The molecule has 2 heterocycles.